The lowest BCUT2D eigenvalue weighted by molar-refractivity contribution is 0.610. The van der Waals surface area contributed by atoms with E-state index in [-0.39, 0.29) is 5.82 Å². The maximum Gasteiger partial charge on any atom is 0.141 e. The number of anilines is 1. The molecule has 0 aliphatic heterocycles. The molecule has 1 fully saturated rings. The van der Waals surface area contributed by atoms with Gasteiger partial charge in [-0.2, -0.15) is 0 Å². The molecule has 1 heterocycles. The van der Waals surface area contributed by atoms with E-state index in [1.165, 1.54) is 24.6 Å². The van der Waals surface area contributed by atoms with Gasteiger partial charge in [-0.15, -0.1) is 0 Å². The Labute approximate surface area is 124 Å². The van der Waals surface area contributed by atoms with Crippen LogP contribution >= 0.6 is 0 Å². The fourth-order valence-electron chi connectivity index (χ4n) is 2.42. The van der Waals surface area contributed by atoms with Crippen molar-refractivity contribution in [1.82, 2.24) is 10.3 Å². The van der Waals surface area contributed by atoms with Gasteiger partial charge < -0.3 is 10.2 Å². The van der Waals surface area contributed by atoms with Gasteiger partial charge in [-0.25, -0.2) is 9.37 Å². The smallest absolute Gasteiger partial charge is 0.141 e. The predicted molar refractivity (Wildman–Crippen MR) is 82.6 cm³/mol. The Kier molecular flexibility index (Phi) is 4.15. The van der Waals surface area contributed by atoms with Crippen molar-refractivity contribution < 1.29 is 4.39 Å². The molecule has 0 unspecified atom stereocenters. The second-order valence-corrected chi connectivity index (χ2v) is 5.63. The first kappa shape index (κ1) is 14.0. The van der Waals surface area contributed by atoms with E-state index < -0.39 is 0 Å². The Morgan fingerprint density at radius 2 is 2.05 bits per heavy atom. The van der Waals surface area contributed by atoms with E-state index in [4.69, 9.17) is 0 Å². The summed E-state index contributed by atoms with van der Waals surface area (Å²) < 4.78 is 13.5. The van der Waals surface area contributed by atoms with Gasteiger partial charge in [0, 0.05) is 31.7 Å². The van der Waals surface area contributed by atoms with Gasteiger partial charge in [0.15, 0.2) is 0 Å². The van der Waals surface area contributed by atoms with Crippen molar-refractivity contribution in [3.8, 4) is 0 Å². The molecule has 1 aromatic carbocycles. The lowest BCUT2D eigenvalue weighted by Crippen LogP contribution is -2.23. The first-order valence-electron chi connectivity index (χ1n) is 7.35. The Hall–Kier alpha value is -1.94. The average molecular weight is 285 g/mol. The second-order valence-electron chi connectivity index (χ2n) is 5.63. The molecule has 1 aliphatic carbocycles. The Balaban J connectivity index is 1.75. The van der Waals surface area contributed by atoms with Crippen molar-refractivity contribution in [3.05, 3.63) is 59.5 Å². The summed E-state index contributed by atoms with van der Waals surface area (Å²) in [6, 6.07) is 12.4. The monoisotopic (exact) mass is 285 g/mol. The molecule has 1 aromatic heterocycles. The van der Waals surface area contributed by atoms with Crippen LogP contribution in [-0.4, -0.2) is 18.1 Å². The van der Waals surface area contributed by atoms with E-state index in [1.54, 1.807) is 6.07 Å². The van der Waals surface area contributed by atoms with Crippen molar-refractivity contribution in [2.45, 2.75) is 32.0 Å². The van der Waals surface area contributed by atoms with E-state index in [1.807, 2.05) is 25.2 Å². The van der Waals surface area contributed by atoms with E-state index in [9.17, 15) is 4.39 Å². The van der Waals surface area contributed by atoms with Gasteiger partial charge in [-0.1, -0.05) is 30.3 Å². The molecule has 0 atom stereocenters. The standard InChI is InChI=1S/C17H20FN3/c1-21(12-13-5-3-2-4-6-13)17-14(9-15(18)11-20-17)10-19-16-7-8-16/h2-6,9,11,16,19H,7-8,10,12H2,1H3. The van der Waals surface area contributed by atoms with Crippen molar-refractivity contribution >= 4 is 5.82 Å². The van der Waals surface area contributed by atoms with Crippen LogP contribution in [0.25, 0.3) is 0 Å². The molecule has 0 amide bonds. The largest absolute Gasteiger partial charge is 0.355 e. The molecule has 0 bridgehead atoms. The first-order chi connectivity index (χ1) is 10.2. The van der Waals surface area contributed by atoms with Crippen molar-refractivity contribution in [2.24, 2.45) is 0 Å². The summed E-state index contributed by atoms with van der Waals surface area (Å²) in [4.78, 5) is 6.35. The summed E-state index contributed by atoms with van der Waals surface area (Å²) in [7, 11) is 1.99. The third-order valence-electron chi connectivity index (χ3n) is 3.69. The lowest BCUT2D eigenvalue weighted by atomic mass is 10.2. The minimum atomic E-state index is -0.278. The fraction of sp³-hybridized carbons (Fsp3) is 0.353. The van der Waals surface area contributed by atoms with Gasteiger partial charge in [0.2, 0.25) is 0 Å². The minimum Gasteiger partial charge on any atom is -0.355 e. The maximum atomic E-state index is 13.5. The summed E-state index contributed by atoms with van der Waals surface area (Å²) in [6.07, 6.45) is 3.73. The van der Waals surface area contributed by atoms with Gasteiger partial charge in [0.05, 0.1) is 6.20 Å². The Bertz CT molecular complexity index is 596. The van der Waals surface area contributed by atoms with E-state index in [2.05, 4.69) is 27.3 Å². The number of nitrogens with zero attached hydrogens (tertiary/aromatic N) is 2. The third-order valence-corrected chi connectivity index (χ3v) is 3.69. The average Bonchev–Trinajstić information content (AvgIpc) is 3.30. The normalized spacial score (nSPS) is 14.2. The number of nitrogens with one attached hydrogen (secondary N) is 1. The van der Waals surface area contributed by atoms with Crippen LogP contribution in [0.3, 0.4) is 0 Å². The van der Waals surface area contributed by atoms with E-state index >= 15 is 0 Å². The quantitative estimate of drug-likeness (QED) is 0.884. The number of benzene rings is 1. The zero-order valence-corrected chi connectivity index (χ0v) is 12.2. The molecule has 1 saturated carbocycles. The molecule has 21 heavy (non-hydrogen) atoms. The molecule has 1 N–H and O–H groups in total. The summed E-state index contributed by atoms with van der Waals surface area (Å²) >= 11 is 0. The lowest BCUT2D eigenvalue weighted by Gasteiger charge is -2.21. The highest BCUT2D eigenvalue weighted by Gasteiger charge is 2.21. The van der Waals surface area contributed by atoms with Crippen LogP contribution in [-0.2, 0) is 13.1 Å². The highest BCUT2D eigenvalue weighted by atomic mass is 19.1. The zero-order valence-electron chi connectivity index (χ0n) is 12.2. The van der Waals surface area contributed by atoms with Crippen LogP contribution in [0.4, 0.5) is 10.2 Å². The highest BCUT2D eigenvalue weighted by molar-refractivity contribution is 5.46. The summed E-state index contributed by atoms with van der Waals surface area (Å²) in [5.41, 5.74) is 2.13. The molecule has 110 valence electrons. The van der Waals surface area contributed by atoms with Gasteiger partial charge >= 0.3 is 0 Å². The van der Waals surface area contributed by atoms with Crippen LogP contribution < -0.4 is 10.2 Å². The van der Waals surface area contributed by atoms with Crippen LogP contribution in [0.5, 0.6) is 0 Å². The molecule has 0 spiro atoms. The van der Waals surface area contributed by atoms with Crippen LogP contribution in [0.2, 0.25) is 0 Å². The van der Waals surface area contributed by atoms with E-state index in [0.717, 1.165) is 17.9 Å². The molecule has 0 radical (unpaired) electrons. The number of pyridine rings is 1. The summed E-state index contributed by atoms with van der Waals surface area (Å²) in [6.45, 7) is 1.43. The topological polar surface area (TPSA) is 28.2 Å². The molecular weight excluding hydrogens is 265 g/mol. The maximum absolute atomic E-state index is 13.5. The second kappa shape index (κ2) is 6.22. The Morgan fingerprint density at radius 1 is 1.29 bits per heavy atom. The molecule has 0 saturated heterocycles. The molecule has 1 aliphatic rings. The SMILES string of the molecule is CN(Cc1ccccc1)c1ncc(F)cc1CNC1CC1. The van der Waals surface area contributed by atoms with Crippen LogP contribution in [0, 0.1) is 5.82 Å². The molecule has 2 aromatic rings. The van der Waals surface area contributed by atoms with Gasteiger partial charge in [-0.3, -0.25) is 0 Å². The molecule has 3 rings (SSSR count). The first-order valence-corrected chi connectivity index (χ1v) is 7.35. The molecule has 3 nitrogen and oxygen atoms in total. The van der Waals surface area contributed by atoms with Crippen molar-refractivity contribution in [2.75, 3.05) is 11.9 Å². The third kappa shape index (κ3) is 3.79. The summed E-state index contributed by atoms with van der Waals surface area (Å²) in [5, 5.41) is 3.43. The molecule has 4 heteroatoms. The van der Waals surface area contributed by atoms with Gasteiger partial charge in [-0.05, 0) is 24.5 Å². The van der Waals surface area contributed by atoms with Crippen molar-refractivity contribution in [1.29, 1.82) is 0 Å². The highest BCUT2D eigenvalue weighted by Crippen LogP contribution is 2.23. The van der Waals surface area contributed by atoms with Gasteiger partial charge in [0.1, 0.15) is 11.6 Å². The fourth-order valence-corrected chi connectivity index (χ4v) is 2.42. The number of hydrogen-bond acceptors (Lipinski definition) is 3. The Morgan fingerprint density at radius 3 is 2.76 bits per heavy atom. The minimum absolute atomic E-state index is 0.278. The van der Waals surface area contributed by atoms with Crippen LogP contribution in [0.1, 0.15) is 24.0 Å². The number of hydrogen-bond donors (Lipinski definition) is 1. The molecular formula is C17H20FN3. The predicted octanol–water partition coefficient (Wildman–Crippen LogP) is 3.11. The van der Waals surface area contributed by atoms with E-state index in [0.29, 0.717) is 12.6 Å². The van der Waals surface area contributed by atoms with Crippen molar-refractivity contribution in [3.63, 3.8) is 0 Å². The van der Waals surface area contributed by atoms with Gasteiger partial charge in [0.25, 0.3) is 0 Å². The van der Waals surface area contributed by atoms with Crippen LogP contribution in [0.15, 0.2) is 42.6 Å². The zero-order chi connectivity index (χ0) is 14.7. The summed E-state index contributed by atoms with van der Waals surface area (Å²) in [5.74, 6) is 0.563. The number of rotatable bonds is 6. The number of aromatic nitrogens is 1. The number of halogens is 1.